The second kappa shape index (κ2) is 7.91. The van der Waals surface area contributed by atoms with Crippen LogP contribution in [0.3, 0.4) is 0 Å². The lowest BCUT2D eigenvalue weighted by Crippen LogP contribution is -2.32. The average molecular weight is 373 g/mol. The van der Waals surface area contributed by atoms with Crippen LogP contribution in [-0.4, -0.2) is 33.8 Å². The zero-order chi connectivity index (χ0) is 18.6. The molecule has 3 rings (SSSR count). The van der Waals surface area contributed by atoms with Gasteiger partial charge in [0.2, 0.25) is 10.0 Å². The number of ether oxygens (including phenoxy) is 1. The number of hydrogen-bond donors (Lipinski definition) is 0. The van der Waals surface area contributed by atoms with Gasteiger partial charge in [-0.1, -0.05) is 48.5 Å². The first-order valence-corrected chi connectivity index (χ1v) is 10.3. The third kappa shape index (κ3) is 4.07. The number of nitrogens with zero attached hydrogens (tertiary/aromatic N) is 1. The number of para-hydroxylation sites is 1. The van der Waals surface area contributed by atoms with Crippen molar-refractivity contribution in [3.05, 3.63) is 65.7 Å². The fraction of sp³-hybridized carbons (Fsp3) is 0.350. The zero-order valence-electron chi connectivity index (χ0n) is 14.8. The van der Waals surface area contributed by atoms with E-state index in [1.807, 2.05) is 48.5 Å². The average Bonchev–Trinajstić information content (AvgIpc) is 3.02. The molecule has 0 saturated carbocycles. The molecule has 1 aliphatic rings. The van der Waals surface area contributed by atoms with Crippen molar-refractivity contribution in [3.8, 4) is 0 Å². The van der Waals surface area contributed by atoms with E-state index in [2.05, 4.69) is 0 Å². The lowest BCUT2D eigenvalue weighted by molar-refractivity contribution is -0.140. The Morgan fingerprint density at radius 1 is 1.12 bits per heavy atom. The van der Waals surface area contributed by atoms with Gasteiger partial charge in [0, 0.05) is 12.5 Å². The van der Waals surface area contributed by atoms with E-state index in [-0.39, 0.29) is 24.1 Å². The molecule has 0 spiro atoms. The molecule has 0 aliphatic carbocycles. The molecule has 0 bridgehead atoms. The monoisotopic (exact) mass is 373 g/mol. The standard InChI is InChI=1S/C20H23NO4S/c1-25-20(22)14-17-15-21(19-12-6-5-11-18(17)19)26(23,24)13-7-10-16-8-3-2-4-9-16/h2-6,8-9,11-12,17H,7,10,13-15H2,1H3. The maximum Gasteiger partial charge on any atom is 0.306 e. The molecule has 1 atom stereocenters. The molecule has 6 heteroatoms. The summed E-state index contributed by atoms with van der Waals surface area (Å²) in [6.45, 7) is 0.294. The van der Waals surface area contributed by atoms with Crippen LogP contribution in [0, 0.1) is 0 Å². The molecular weight excluding hydrogens is 350 g/mol. The molecule has 5 nitrogen and oxygen atoms in total. The van der Waals surface area contributed by atoms with Crippen LogP contribution in [0.1, 0.15) is 29.9 Å². The summed E-state index contributed by atoms with van der Waals surface area (Å²) in [5.41, 5.74) is 2.71. The van der Waals surface area contributed by atoms with E-state index in [4.69, 9.17) is 4.74 Å². The number of benzene rings is 2. The van der Waals surface area contributed by atoms with Crippen molar-refractivity contribution in [1.29, 1.82) is 0 Å². The predicted molar refractivity (Wildman–Crippen MR) is 102 cm³/mol. The van der Waals surface area contributed by atoms with E-state index in [9.17, 15) is 13.2 Å². The lowest BCUT2D eigenvalue weighted by Gasteiger charge is -2.20. The molecule has 0 fully saturated rings. The van der Waals surface area contributed by atoms with Crippen LogP contribution in [-0.2, 0) is 26.0 Å². The molecule has 2 aromatic rings. The number of esters is 1. The van der Waals surface area contributed by atoms with Crippen LogP contribution >= 0.6 is 0 Å². The molecule has 0 aromatic heterocycles. The van der Waals surface area contributed by atoms with Crippen LogP contribution in [0.5, 0.6) is 0 Å². The molecule has 138 valence electrons. The molecule has 1 aliphatic heterocycles. The third-order valence-electron chi connectivity index (χ3n) is 4.72. The summed E-state index contributed by atoms with van der Waals surface area (Å²) in [5.74, 6) is -0.406. The van der Waals surface area contributed by atoms with Crippen LogP contribution in [0.15, 0.2) is 54.6 Å². The summed E-state index contributed by atoms with van der Waals surface area (Å²) in [6, 6.07) is 17.3. The minimum absolute atomic E-state index is 0.0845. The van der Waals surface area contributed by atoms with Crippen molar-refractivity contribution >= 4 is 21.7 Å². The van der Waals surface area contributed by atoms with Gasteiger partial charge in [0.05, 0.1) is 25.0 Å². The highest BCUT2D eigenvalue weighted by molar-refractivity contribution is 7.92. The second-order valence-corrected chi connectivity index (χ2v) is 8.49. The highest BCUT2D eigenvalue weighted by Gasteiger charge is 2.36. The van der Waals surface area contributed by atoms with Gasteiger partial charge in [-0.25, -0.2) is 8.42 Å². The predicted octanol–water partition coefficient (Wildman–Crippen LogP) is 3.12. The smallest absolute Gasteiger partial charge is 0.306 e. The van der Waals surface area contributed by atoms with Crippen molar-refractivity contribution in [3.63, 3.8) is 0 Å². The highest BCUT2D eigenvalue weighted by Crippen LogP contribution is 2.39. The Morgan fingerprint density at radius 2 is 1.81 bits per heavy atom. The van der Waals surface area contributed by atoms with Gasteiger partial charge in [0.1, 0.15) is 0 Å². The maximum absolute atomic E-state index is 12.9. The topological polar surface area (TPSA) is 63.7 Å². The van der Waals surface area contributed by atoms with Crippen molar-refractivity contribution in [2.24, 2.45) is 0 Å². The van der Waals surface area contributed by atoms with Gasteiger partial charge in [0.15, 0.2) is 0 Å². The van der Waals surface area contributed by atoms with Gasteiger partial charge in [-0.3, -0.25) is 9.10 Å². The summed E-state index contributed by atoms with van der Waals surface area (Å²) < 4.78 is 32.0. The van der Waals surface area contributed by atoms with E-state index in [1.165, 1.54) is 11.4 Å². The molecule has 2 aromatic carbocycles. The summed E-state index contributed by atoms with van der Waals surface area (Å²) in [6.07, 6.45) is 1.47. The fourth-order valence-corrected chi connectivity index (χ4v) is 5.00. The first kappa shape index (κ1) is 18.5. The summed E-state index contributed by atoms with van der Waals surface area (Å²) >= 11 is 0. The van der Waals surface area contributed by atoms with Crippen molar-refractivity contribution in [1.82, 2.24) is 0 Å². The van der Waals surface area contributed by atoms with Gasteiger partial charge >= 0.3 is 5.97 Å². The zero-order valence-corrected chi connectivity index (χ0v) is 15.6. The third-order valence-corrected chi connectivity index (χ3v) is 6.54. The summed E-state index contributed by atoms with van der Waals surface area (Å²) in [7, 11) is -2.09. The van der Waals surface area contributed by atoms with Gasteiger partial charge in [0.25, 0.3) is 0 Å². The molecular formula is C20H23NO4S. The fourth-order valence-electron chi connectivity index (χ4n) is 3.39. The van der Waals surface area contributed by atoms with Crippen LogP contribution in [0.2, 0.25) is 0 Å². The number of methoxy groups -OCH3 is 1. The van der Waals surface area contributed by atoms with Gasteiger partial charge in [-0.15, -0.1) is 0 Å². The number of rotatable bonds is 7. The number of anilines is 1. The Kier molecular flexibility index (Phi) is 5.61. The number of aryl methyl sites for hydroxylation is 1. The Balaban J connectivity index is 1.72. The number of fused-ring (bicyclic) bond motifs is 1. The lowest BCUT2D eigenvalue weighted by atomic mass is 9.98. The summed E-state index contributed by atoms with van der Waals surface area (Å²) in [4.78, 5) is 11.7. The Bertz CT molecular complexity index is 864. The minimum Gasteiger partial charge on any atom is -0.469 e. The second-order valence-electron chi connectivity index (χ2n) is 6.47. The Hall–Kier alpha value is -2.34. The van der Waals surface area contributed by atoms with Gasteiger partial charge < -0.3 is 4.74 Å². The molecule has 1 unspecified atom stereocenters. The Labute approximate surface area is 154 Å². The number of hydrogen-bond acceptors (Lipinski definition) is 4. The van der Waals surface area contributed by atoms with Crippen LogP contribution in [0.4, 0.5) is 5.69 Å². The molecule has 0 N–H and O–H groups in total. The van der Waals surface area contributed by atoms with E-state index in [1.54, 1.807) is 6.07 Å². The quantitative estimate of drug-likeness (QED) is 0.700. The largest absolute Gasteiger partial charge is 0.469 e. The van der Waals surface area contributed by atoms with Gasteiger partial charge in [-0.2, -0.15) is 0 Å². The van der Waals surface area contributed by atoms with Crippen molar-refractivity contribution in [2.75, 3.05) is 23.7 Å². The number of sulfonamides is 1. The molecule has 0 saturated heterocycles. The first-order valence-electron chi connectivity index (χ1n) is 8.71. The van der Waals surface area contributed by atoms with Crippen molar-refractivity contribution in [2.45, 2.75) is 25.2 Å². The van der Waals surface area contributed by atoms with E-state index in [0.29, 0.717) is 18.7 Å². The molecule has 26 heavy (non-hydrogen) atoms. The van der Waals surface area contributed by atoms with Crippen molar-refractivity contribution < 1.29 is 17.9 Å². The Morgan fingerprint density at radius 3 is 2.54 bits per heavy atom. The first-order chi connectivity index (χ1) is 12.5. The minimum atomic E-state index is -3.44. The number of carbonyl (C=O) groups excluding carboxylic acids is 1. The SMILES string of the molecule is COC(=O)CC1CN(S(=O)(=O)CCCc2ccccc2)c2ccccc21. The maximum atomic E-state index is 12.9. The van der Waals surface area contributed by atoms with Gasteiger partial charge in [-0.05, 0) is 30.0 Å². The van der Waals surface area contributed by atoms with E-state index in [0.717, 1.165) is 17.5 Å². The van der Waals surface area contributed by atoms with Crippen LogP contribution in [0.25, 0.3) is 0 Å². The molecule has 0 amide bonds. The number of carbonyl (C=O) groups is 1. The summed E-state index contributed by atoms with van der Waals surface area (Å²) in [5, 5.41) is 0. The molecule has 0 radical (unpaired) electrons. The highest BCUT2D eigenvalue weighted by atomic mass is 32.2. The normalized spacial score (nSPS) is 16.3. The van der Waals surface area contributed by atoms with E-state index >= 15 is 0 Å². The molecule has 1 heterocycles. The van der Waals surface area contributed by atoms with E-state index < -0.39 is 10.0 Å². The van der Waals surface area contributed by atoms with Crippen LogP contribution < -0.4 is 4.31 Å².